The summed E-state index contributed by atoms with van der Waals surface area (Å²) in [5.41, 5.74) is 2.47. The van der Waals surface area contributed by atoms with Crippen LogP contribution in [0.2, 0.25) is 0 Å². The molecular formula is C17H26IN5O. The van der Waals surface area contributed by atoms with Crippen LogP contribution in [0.4, 0.5) is 0 Å². The number of aromatic nitrogens is 2. The third-order valence-electron chi connectivity index (χ3n) is 3.48. The summed E-state index contributed by atoms with van der Waals surface area (Å²) < 4.78 is 7.06. The molecule has 2 rings (SSSR count). The Balaban J connectivity index is 0.00000288. The normalized spacial score (nSPS) is 12.4. The van der Waals surface area contributed by atoms with Crippen molar-refractivity contribution in [1.82, 2.24) is 20.4 Å². The number of methoxy groups -OCH3 is 1. The van der Waals surface area contributed by atoms with Crippen LogP contribution in [0, 0.1) is 0 Å². The highest BCUT2D eigenvalue weighted by Gasteiger charge is 2.07. The maximum atomic E-state index is 5.13. The van der Waals surface area contributed by atoms with Gasteiger partial charge in [-0.2, -0.15) is 5.10 Å². The Hall–Kier alpha value is -1.61. The molecule has 0 bridgehead atoms. The summed E-state index contributed by atoms with van der Waals surface area (Å²) in [6.07, 6.45) is 3.76. The second kappa shape index (κ2) is 11.0. The molecule has 7 heteroatoms. The fourth-order valence-corrected chi connectivity index (χ4v) is 2.35. The van der Waals surface area contributed by atoms with Crippen molar-refractivity contribution in [2.24, 2.45) is 4.99 Å². The zero-order chi connectivity index (χ0) is 16.5. The third kappa shape index (κ3) is 6.48. The van der Waals surface area contributed by atoms with Gasteiger partial charge in [-0.05, 0) is 24.1 Å². The molecule has 6 nitrogen and oxygen atoms in total. The molecule has 2 N–H and O–H groups in total. The fraction of sp³-hybridized carbons (Fsp3) is 0.412. The van der Waals surface area contributed by atoms with E-state index >= 15 is 0 Å². The fourth-order valence-electron chi connectivity index (χ4n) is 2.35. The number of rotatable bonds is 7. The second-order valence-electron chi connectivity index (χ2n) is 5.40. The van der Waals surface area contributed by atoms with Crippen molar-refractivity contribution in [2.45, 2.75) is 26.1 Å². The van der Waals surface area contributed by atoms with Gasteiger partial charge in [-0.25, -0.2) is 0 Å². The van der Waals surface area contributed by atoms with Crippen LogP contribution in [0.5, 0.6) is 0 Å². The molecule has 0 aliphatic heterocycles. The van der Waals surface area contributed by atoms with E-state index in [2.05, 4.69) is 45.8 Å². The summed E-state index contributed by atoms with van der Waals surface area (Å²) in [4.78, 5) is 4.25. The van der Waals surface area contributed by atoms with E-state index in [1.807, 2.05) is 23.0 Å². The summed E-state index contributed by atoms with van der Waals surface area (Å²) in [7, 11) is 3.46. The van der Waals surface area contributed by atoms with E-state index in [0.29, 0.717) is 13.2 Å². The molecule has 0 fully saturated rings. The Morgan fingerprint density at radius 3 is 2.67 bits per heavy atom. The molecule has 0 spiro atoms. The number of benzene rings is 1. The number of hydrogen-bond acceptors (Lipinski definition) is 3. The van der Waals surface area contributed by atoms with Gasteiger partial charge in [0.1, 0.15) is 0 Å². The van der Waals surface area contributed by atoms with Crippen molar-refractivity contribution in [2.75, 3.05) is 20.8 Å². The number of nitrogens with zero attached hydrogens (tertiary/aromatic N) is 3. The Kier molecular flexibility index (Phi) is 9.39. The number of guanidine groups is 1. The molecule has 1 atom stereocenters. The Morgan fingerprint density at radius 1 is 1.29 bits per heavy atom. The van der Waals surface area contributed by atoms with Crippen LogP contribution < -0.4 is 10.6 Å². The minimum absolute atomic E-state index is 0. The first kappa shape index (κ1) is 20.4. The van der Waals surface area contributed by atoms with Crippen molar-refractivity contribution in [3.8, 4) is 0 Å². The van der Waals surface area contributed by atoms with Gasteiger partial charge >= 0.3 is 0 Å². The lowest BCUT2D eigenvalue weighted by molar-refractivity contribution is 0.179. The van der Waals surface area contributed by atoms with Crippen LogP contribution in [-0.2, 0) is 17.8 Å². The van der Waals surface area contributed by atoms with E-state index in [1.54, 1.807) is 20.4 Å². The molecule has 0 radical (unpaired) electrons. The van der Waals surface area contributed by atoms with E-state index in [9.17, 15) is 0 Å². The zero-order valence-electron chi connectivity index (χ0n) is 14.4. The number of aliphatic imine (C=N–C) groups is 1. The van der Waals surface area contributed by atoms with Gasteiger partial charge in [0.2, 0.25) is 0 Å². The first-order chi connectivity index (χ1) is 11.2. The summed E-state index contributed by atoms with van der Waals surface area (Å²) in [6, 6.07) is 10.5. The van der Waals surface area contributed by atoms with E-state index in [1.165, 1.54) is 11.1 Å². The molecule has 24 heavy (non-hydrogen) atoms. The molecule has 1 unspecified atom stereocenters. The molecule has 1 heterocycles. The number of ether oxygens (including phenoxy) is 1. The monoisotopic (exact) mass is 443 g/mol. The van der Waals surface area contributed by atoms with Gasteiger partial charge in [-0.15, -0.1) is 24.0 Å². The molecule has 1 aromatic heterocycles. The van der Waals surface area contributed by atoms with Crippen LogP contribution >= 0.6 is 24.0 Å². The van der Waals surface area contributed by atoms with Gasteiger partial charge in [0.25, 0.3) is 0 Å². The number of halogens is 1. The minimum Gasteiger partial charge on any atom is -0.383 e. The predicted octanol–water partition coefficient (Wildman–Crippen LogP) is 2.25. The molecule has 0 aliphatic carbocycles. The minimum atomic E-state index is 0. The highest BCUT2D eigenvalue weighted by molar-refractivity contribution is 14.0. The highest BCUT2D eigenvalue weighted by atomic mass is 127. The quantitative estimate of drug-likeness (QED) is 0.392. The highest BCUT2D eigenvalue weighted by Crippen LogP contribution is 2.10. The van der Waals surface area contributed by atoms with Crippen LogP contribution in [0.25, 0.3) is 0 Å². The van der Waals surface area contributed by atoms with E-state index < -0.39 is 0 Å². The van der Waals surface area contributed by atoms with Crippen LogP contribution in [-0.4, -0.2) is 42.5 Å². The lowest BCUT2D eigenvalue weighted by atomic mass is 10.1. The summed E-state index contributed by atoms with van der Waals surface area (Å²) >= 11 is 0. The van der Waals surface area contributed by atoms with Crippen molar-refractivity contribution in [1.29, 1.82) is 0 Å². The van der Waals surface area contributed by atoms with Crippen LogP contribution in [0.1, 0.15) is 18.1 Å². The van der Waals surface area contributed by atoms with Crippen LogP contribution in [0.3, 0.4) is 0 Å². The Labute approximate surface area is 160 Å². The zero-order valence-corrected chi connectivity index (χ0v) is 16.7. The van der Waals surface area contributed by atoms with Gasteiger partial charge < -0.3 is 15.4 Å². The lowest BCUT2D eigenvalue weighted by Gasteiger charge is -2.18. The van der Waals surface area contributed by atoms with E-state index in [-0.39, 0.29) is 30.0 Å². The average molecular weight is 443 g/mol. The maximum absolute atomic E-state index is 5.13. The molecule has 0 saturated carbocycles. The number of hydrogen-bond donors (Lipinski definition) is 2. The van der Waals surface area contributed by atoms with Gasteiger partial charge in [-0.3, -0.25) is 9.67 Å². The molecule has 132 valence electrons. The van der Waals surface area contributed by atoms with E-state index in [0.717, 1.165) is 12.5 Å². The van der Waals surface area contributed by atoms with Crippen molar-refractivity contribution >= 4 is 29.9 Å². The molecule has 2 aromatic rings. The predicted molar refractivity (Wildman–Crippen MR) is 108 cm³/mol. The summed E-state index contributed by atoms with van der Waals surface area (Å²) in [5, 5.41) is 10.9. The Morgan fingerprint density at radius 2 is 2.04 bits per heavy atom. The maximum Gasteiger partial charge on any atom is 0.191 e. The van der Waals surface area contributed by atoms with Crippen LogP contribution in [0.15, 0.2) is 47.7 Å². The Bertz CT molecular complexity index is 615. The lowest BCUT2D eigenvalue weighted by Crippen LogP contribution is -2.43. The summed E-state index contributed by atoms with van der Waals surface area (Å²) in [5.74, 6) is 0.767. The number of nitrogens with one attached hydrogen (secondary N) is 2. The van der Waals surface area contributed by atoms with Gasteiger partial charge in [0.05, 0.1) is 13.2 Å². The van der Waals surface area contributed by atoms with Gasteiger partial charge in [0.15, 0.2) is 5.96 Å². The molecule has 0 amide bonds. The van der Waals surface area contributed by atoms with Crippen molar-refractivity contribution in [3.05, 3.63) is 53.9 Å². The molecule has 0 aliphatic rings. The summed E-state index contributed by atoms with van der Waals surface area (Å²) in [6.45, 7) is 4.16. The standard InChI is InChI=1S/C17H25N5O.HI/c1-14(13-23-3)21-17(18-2)19-11-15-7-4-5-8-16(15)12-22-10-6-9-20-22;/h4-10,14H,11-13H2,1-3H3,(H2,18,19,21);1H. The van der Waals surface area contributed by atoms with E-state index in [4.69, 9.17) is 4.74 Å². The molecule has 0 saturated heterocycles. The molecular weight excluding hydrogens is 417 g/mol. The first-order valence-corrected chi connectivity index (χ1v) is 7.73. The van der Waals surface area contributed by atoms with Crippen molar-refractivity contribution < 1.29 is 4.74 Å². The average Bonchev–Trinajstić information content (AvgIpc) is 3.06. The van der Waals surface area contributed by atoms with Gasteiger partial charge in [0, 0.05) is 39.1 Å². The smallest absolute Gasteiger partial charge is 0.191 e. The third-order valence-corrected chi connectivity index (χ3v) is 3.48. The van der Waals surface area contributed by atoms with Gasteiger partial charge in [-0.1, -0.05) is 24.3 Å². The van der Waals surface area contributed by atoms with Crippen molar-refractivity contribution in [3.63, 3.8) is 0 Å². The largest absolute Gasteiger partial charge is 0.383 e. The first-order valence-electron chi connectivity index (χ1n) is 7.73. The second-order valence-corrected chi connectivity index (χ2v) is 5.40. The SMILES string of the molecule is CN=C(NCc1ccccc1Cn1cccn1)NC(C)COC.I. The molecule has 1 aromatic carbocycles. The topological polar surface area (TPSA) is 63.5 Å².